The molecule has 0 heterocycles. The molecule has 0 saturated heterocycles. The molecule has 0 aliphatic rings. The highest BCUT2D eigenvalue weighted by atomic mass is 16.5. The summed E-state index contributed by atoms with van der Waals surface area (Å²) >= 11 is 0. The molecule has 2 unspecified atom stereocenters. The zero-order valence-electron chi connectivity index (χ0n) is 18.0. The van der Waals surface area contributed by atoms with Crippen molar-refractivity contribution in [3.05, 3.63) is 0 Å². The van der Waals surface area contributed by atoms with Crippen molar-refractivity contribution in [1.29, 1.82) is 0 Å². The lowest BCUT2D eigenvalue weighted by atomic mass is 10.0. The fourth-order valence-corrected chi connectivity index (χ4v) is 3.42. The van der Waals surface area contributed by atoms with Gasteiger partial charge in [0.15, 0.2) is 0 Å². The van der Waals surface area contributed by atoms with Crippen LogP contribution < -0.4 is 0 Å². The van der Waals surface area contributed by atoms with E-state index in [1.807, 2.05) is 0 Å². The average molecular weight is 389 g/mol. The molecule has 0 aromatic rings. The SMILES string of the molecule is CCCCCCCCCCCCCCCCCCOCC(CO)C(O)CO. The van der Waals surface area contributed by atoms with E-state index in [4.69, 9.17) is 14.9 Å². The Hall–Kier alpha value is -0.160. The van der Waals surface area contributed by atoms with Gasteiger partial charge in [-0.05, 0) is 6.42 Å². The molecule has 0 aromatic heterocycles. The second-order valence-corrected chi connectivity index (χ2v) is 8.07. The van der Waals surface area contributed by atoms with Crippen molar-refractivity contribution in [3.8, 4) is 0 Å². The van der Waals surface area contributed by atoms with Crippen LogP contribution in [0.25, 0.3) is 0 Å². The Morgan fingerprint density at radius 1 is 0.593 bits per heavy atom. The van der Waals surface area contributed by atoms with Crippen molar-refractivity contribution >= 4 is 0 Å². The quantitative estimate of drug-likeness (QED) is 0.222. The first kappa shape index (κ1) is 26.8. The van der Waals surface area contributed by atoms with E-state index in [1.54, 1.807) is 0 Å². The van der Waals surface area contributed by atoms with Crippen LogP contribution in [0, 0.1) is 5.92 Å². The van der Waals surface area contributed by atoms with Crippen LogP contribution >= 0.6 is 0 Å². The molecule has 0 aliphatic heterocycles. The van der Waals surface area contributed by atoms with Gasteiger partial charge in [-0.2, -0.15) is 0 Å². The number of rotatable bonds is 22. The Labute approximate surface area is 168 Å². The largest absolute Gasteiger partial charge is 0.396 e. The van der Waals surface area contributed by atoms with Crippen LogP contribution in [0.4, 0.5) is 0 Å². The molecule has 2 atom stereocenters. The second kappa shape index (κ2) is 22.1. The van der Waals surface area contributed by atoms with Crippen LogP contribution in [0.5, 0.6) is 0 Å². The summed E-state index contributed by atoms with van der Waals surface area (Å²) in [5, 5.41) is 27.5. The fraction of sp³-hybridized carbons (Fsp3) is 1.00. The van der Waals surface area contributed by atoms with Gasteiger partial charge in [0.05, 0.1) is 25.9 Å². The van der Waals surface area contributed by atoms with Crippen LogP contribution in [-0.2, 0) is 4.74 Å². The number of unbranched alkanes of at least 4 members (excludes halogenated alkanes) is 15. The predicted molar refractivity (Wildman–Crippen MR) is 114 cm³/mol. The third-order valence-corrected chi connectivity index (χ3v) is 5.44. The lowest BCUT2D eigenvalue weighted by molar-refractivity contribution is -0.0229. The Morgan fingerprint density at radius 2 is 1.00 bits per heavy atom. The molecule has 0 bridgehead atoms. The minimum atomic E-state index is -0.888. The molecule has 0 rings (SSSR count). The molecule has 0 saturated carbocycles. The standard InChI is InChI=1S/C23H48O4/c1-2-3-4-5-6-7-8-9-10-11-12-13-14-15-16-17-18-27-21-22(19-24)23(26)20-25/h22-26H,2-21H2,1H3. The van der Waals surface area contributed by atoms with Gasteiger partial charge in [0.1, 0.15) is 0 Å². The van der Waals surface area contributed by atoms with Crippen molar-refractivity contribution in [2.45, 2.75) is 116 Å². The van der Waals surface area contributed by atoms with Crippen LogP contribution in [-0.4, -0.2) is 47.9 Å². The number of hydrogen-bond donors (Lipinski definition) is 3. The van der Waals surface area contributed by atoms with E-state index in [9.17, 15) is 5.11 Å². The first-order chi connectivity index (χ1) is 13.3. The van der Waals surface area contributed by atoms with E-state index < -0.39 is 6.10 Å². The maximum absolute atomic E-state index is 9.47. The monoisotopic (exact) mass is 388 g/mol. The van der Waals surface area contributed by atoms with Crippen LogP contribution in [0.2, 0.25) is 0 Å². The molecule has 0 aromatic carbocycles. The molecular formula is C23H48O4. The normalized spacial score (nSPS) is 13.8. The van der Waals surface area contributed by atoms with E-state index >= 15 is 0 Å². The van der Waals surface area contributed by atoms with Gasteiger partial charge in [-0.1, -0.05) is 103 Å². The molecule has 0 spiro atoms. The Morgan fingerprint density at radius 3 is 1.37 bits per heavy atom. The third-order valence-electron chi connectivity index (χ3n) is 5.44. The lowest BCUT2D eigenvalue weighted by Gasteiger charge is -2.18. The summed E-state index contributed by atoms with van der Waals surface area (Å²) in [6.07, 6.45) is 20.8. The summed E-state index contributed by atoms with van der Waals surface area (Å²) in [6.45, 7) is 2.79. The first-order valence-electron chi connectivity index (χ1n) is 11.7. The molecular weight excluding hydrogens is 340 g/mol. The Kier molecular flexibility index (Phi) is 22.0. The van der Waals surface area contributed by atoms with E-state index in [0.717, 1.165) is 6.42 Å². The van der Waals surface area contributed by atoms with Gasteiger partial charge in [-0.25, -0.2) is 0 Å². The van der Waals surface area contributed by atoms with Crippen molar-refractivity contribution in [3.63, 3.8) is 0 Å². The van der Waals surface area contributed by atoms with E-state index in [2.05, 4.69) is 6.92 Å². The Balaban J connectivity index is 3.15. The maximum atomic E-state index is 9.47. The van der Waals surface area contributed by atoms with Gasteiger partial charge < -0.3 is 20.1 Å². The topological polar surface area (TPSA) is 69.9 Å². The summed E-state index contributed by atoms with van der Waals surface area (Å²) in [4.78, 5) is 0. The smallest absolute Gasteiger partial charge is 0.0843 e. The molecule has 0 amide bonds. The summed E-state index contributed by atoms with van der Waals surface area (Å²) in [5.41, 5.74) is 0. The number of aliphatic hydroxyl groups excluding tert-OH is 3. The van der Waals surface area contributed by atoms with Gasteiger partial charge in [0.25, 0.3) is 0 Å². The van der Waals surface area contributed by atoms with Gasteiger partial charge in [-0.3, -0.25) is 0 Å². The zero-order chi connectivity index (χ0) is 20.0. The Bertz CT molecular complexity index is 273. The molecule has 0 aliphatic carbocycles. The highest BCUT2D eigenvalue weighted by Gasteiger charge is 2.17. The molecule has 4 nitrogen and oxygen atoms in total. The second-order valence-electron chi connectivity index (χ2n) is 8.07. The summed E-state index contributed by atoms with van der Waals surface area (Å²) in [5.74, 6) is -0.379. The number of hydrogen-bond acceptors (Lipinski definition) is 4. The zero-order valence-corrected chi connectivity index (χ0v) is 18.0. The number of ether oxygens (including phenoxy) is 1. The minimum Gasteiger partial charge on any atom is -0.396 e. The van der Waals surface area contributed by atoms with Crippen LogP contribution in [0.3, 0.4) is 0 Å². The van der Waals surface area contributed by atoms with Gasteiger partial charge in [0, 0.05) is 12.5 Å². The van der Waals surface area contributed by atoms with E-state index in [1.165, 1.54) is 96.3 Å². The molecule has 0 radical (unpaired) electrons. The van der Waals surface area contributed by atoms with Crippen molar-refractivity contribution in [1.82, 2.24) is 0 Å². The molecule has 3 N–H and O–H groups in total. The van der Waals surface area contributed by atoms with Crippen molar-refractivity contribution < 1.29 is 20.1 Å². The predicted octanol–water partition coefficient (Wildman–Crippen LogP) is 5.23. The minimum absolute atomic E-state index is 0.152. The van der Waals surface area contributed by atoms with Crippen LogP contribution in [0.1, 0.15) is 110 Å². The molecule has 164 valence electrons. The van der Waals surface area contributed by atoms with Gasteiger partial charge in [-0.15, -0.1) is 0 Å². The van der Waals surface area contributed by atoms with Gasteiger partial charge >= 0.3 is 0 Å². The average Bonchev–Trinajstić information content (AvgIpc) is 2.69. The highest BCUT2D eigenvalue weighted by molar-refractivity contribution is 4.66. The first-order valence-corrected chi connectivity index (χ1v) is 11.7. The summed E-state index contributed by atoms with van der Waals surface area (Å²) < 4.78 is 5.50. The maximum Gasteiger partial charge on any atom is 0.0843 e. The fourth-order valence-electron chi connectivity index (χ4n) is 3.42. The number of aliphatic hydroxyl groups is 3. The lowest BCUT2D eigenvalue weighted by Crippen LogP contribution is -2.31. The third kappa shape index (κ3) is 18.9. The van der Waals surface area contributed by atoms with Gasteiger partial charge in [0.2, 0.25) is 0 Å². The van der Waals surface area contributed by atoms with Crippen molar-refractivity contribution in [2.75, 3.05) is 26.4 Å². The molecule has 27 heavy (non-hydrogen) atoms. The van der Waals surface area contributed by atoms with Crippen LogP contribution in [0.15, 0.2) is 0 Å². The summed E-state index contributed by atoms with van der Waals surface area (Å²) in [6, 6.07) is 0. The van der Waals surface area contributed by atoms with E-state index in [-0.39, 0.29) is 19.1 Å². The van der Waals surface area contributed by atoms with E-state index in [0.29, 0.717) is 13.2 Å². The highest BCUT2D eigenvalue weighted by Crippen LogP contribution is 2.13. The molecule has 4 heteroatoms. The molecule has 0 fully saturated rings. The summed E-state index contributed by atoms with van der Waals surface area (Å²) in [7, 11) is 0. The van der Waals surface area contributed by atoms with Crippen molar-refractivity contribution in [2.24, 2.45) is 5.92 Å².